The normalized spacial score (nSPS) is 14.7. The molecule has 108 valence electrons. The molecule has 0 saturated carbocycles. The molecule has 0 bridgehead atoms. The molecule has 0 radical (unpaired) electrons. The molecule has 0 amide bonds. The first kappa shape index (κ1) is 16.1. The van der Waals surface area contributed by atoms with Crippen molar-refractivity contribution in [2.24, 2.45) is 17.8 Å². The van der Waals surface area contributed by atoms with Gasteiger partial charge in [-0.2, -0.15) is 0 Å². The van der Waals surface area contributed by atoms with Gasteiger partial charge < -0.3 is 5.32 Å². The van der Waals surface area contributed by atoms with Gasteiger partial charge in [0.15, 0.2) is 11.6 Å². The summed E-state index contributed by atoms with van der Waals surface area (Å²) in [4.78, 5) is 0. The van der Waals surface area contributed by atoms with Crippen molar-refractivity contribution in [2.45, 2.75) is 34.1 Å². The van der Waals surface area contributed by atoms with Crippen LogP contribution >= 0.6 is 0 Å². The highest BCUT2D eigenvalue weighted by atomic mass is 19.2. The van der Waals surface area contributed by atoms with Crippen molar-refractivity contribution in [3.63, 3.8) is 0 Å². The van der Waals surface area contributed by atoms with E-state index >= 15 is 0 Å². The van der Waals surface area contributed by atoms with Crippen molar-refractivity contribution in [1.29, 1.82) is 0 Å². The molecule has 1 nitrogen and oxygen atoms in total. The summed E-state index contributed by atoms with van der Waals surface area (Å²) in [5, 5.41) is 3.44. The van der Waals surface area contributed by atoms with E-state index in [4.69, 9.17) is 0 Å². The highest BCUT2D eigenvalue weighted by Gasteiger charge is 2.14. The summed E-state index contributed by atoms with van der Waals surface area (Å²) in [5.41, 5.74) is 0.863. The van der Waals surface area contributed by atoms with Gasteiger partial charge in [0.1, 0.15) is 0 Å². The van der Waals surface area contributed by atoms with Gasteiger partial charge in [0.2, 0.25) is 0 Å². The number of rotatable bonds is 7. The van der Waals surface area contributed by atoms with E-state index in [1.807, 2.05) is 0 Å². The van der Waals surface area contributed by atoms with E-state index in [-0.39, 0.29) is 0 Å². The van der Waals surface area contributed by atoms with Gasteiger partial charge in [-0.15, -0.1) is 0 Å². The molecule has 19 heavy (non-hydrogen) atoms. The van der Waals surface area contributed by atoms with E-state index in [1.165, 1.54) is 12.1 Å². The van der Waals surface area contributed by atoms with Crippen molar-refractivity contribution < 1.29 is 8.78 Å². The second kappa shape index (κ2) is 7.59. The van der Waals surface area contributed by atoms with E-state index in [1.54, 1.807) is 6.07 Å². The lowest BCUT2D eigenvalue weighted by Crippen LogP contribution is -2.28. The average molecular weight is 269 g/mol. The van der Waals surface area contributed by atoms with Crippen LogP contribution in [0.25, 0.3) is 0 Å². The molecule has 0 aliphatic heterocycles. The average Bonchev–Trinajstić information content (AvgIpc) is 2.33. The topological polar surface area (TPSA) is 12.0 Å². The van der Waals surface area contributed by atoms with Crippen molar-refractivity contribution in [3.8, 4) is 0 Å². The van der Waals surface area contributed by atoms with E-state index in [9.17, 15) is 8.78 Å². The molecule has 0 heterocycles. The zero-order valence-corrected chi connectivity index (χ0v) is 12.3. The lowest BCUT2D eigenvalue weighted by molar-refractivity contribution is 0.357. The minimum absolute atomic E-state index is 0.435. The fourth-order valence-corrected chi connectivity index (χ4v) is 2.04. The second-order valence-corrected chi connectivity index (χ2v) is 5.96. The Morgan fingerprint density at radius 2 is 1.63 bits per heavy atom. The van der Waals surface area contributed by atoms with E-state index in [0.717, 1.165) is 25.1 Å². The van der Waals surface area contributed by atoms with Crippen LogP contribution in [0.2, 0.25) is 0 Å². The first-order chi connectivity index (χ1) is 8.90. The number of hydrogen-bond acceptors (Lipinski definition) is 1. The minimum Gasteiger partial charge on any atom is -0.316 e. The van der Waals surface area contributed by atoms with Crippen molar-refractivity contribution in [2.75, 3.05) is 13.1 Å². The Morgan fingerprint density at radius 1 is 0.947 bits per heavy atom. The summed E-state index contributed by atoms with van der Waals surface area (Å²) in [6, 6.07) is 4.18. The van der Waals surface area contributed by atoms with Gasteiger partial charge in [-0.05, 0) is 55.0 Å². The number of nitrogens with one attached hydrogen (secondary N) is 1. The predicted molar refractivity (Wildman–Crippen MR) is 76.1 cm³/mol. The van der Waals surface area contributed by atoms with Crippen LogP contribution in [0.1, 0.15) is 33.3 Å². The van der Waals surface area contributed by atoms with Crippen molar-refractivity contribution >= 4 is 0 Å². The Balaban J connectivity index is 2.44. The lowest BCUT2D eigenvalue weighted by atomic mass is 9.89. The molecule has 1 rings (SSSR count). The van der Waals surface area contributed by atoms with Gasteiger partial charge in [-0.3, -0.25) is 0 Å². The van der Waals surface area contributed by atoms with E-state index in [0.29, 0.717) is 17.8 Å². The summed E-state index contributed by atoms with van der Waals surface area (Å²) >= 11 is 0. The first-order valence-corrected chi connectivity index (χ1v) is 7.04. The Kier molecular flexibility index (Phi) is 6.43. The molecule has 2 atom stereocenters. The maximum absolute atomic E-state index is 13.1. The van der Waals surface area contributed by atoms with Crippen LogP contribution in [0.5, 0.6) is 0 Å². The van der Waals surface area contributed by atoms with Gasteiger partial charge in [0.05, 0.1) is 0 Å². The standard InChI is InChI=1S/C16H25F2N/c1-11(2)9-19-10-13(4)12(3)7-14-5-6-15(17)16(18)8-14/h5-6,8,11-13,19H,7,9-10H2,1-4H3. The molecule has 0 saturated heterocycles. The Morgan fingerprint density at radius 3 is 2.21 bits per heavy atom. The summed E-state index contributed by atoms with van der Waals surface area (Å²) in [5.74, 6) is 0.0587. The van der Waals surface area contributed by atoms with E-state index in [2.05, 4.69) is 33.0 Å². The molecular weight excluding hydrogens is 244 g/mol. The zero-order chi connectivity index (χ0) is 14.4. The van der Waals surface area contributed by atoms with Crippen LogP contribution in [-0.4, -0.2) is 13.1 Å². The summed E-state index contributed by atoms with van der Waals surface area (Å²) < 4.78 is 26.0. The molecule has 1 N–H and O–H groups in total. The fourth-order valence-electron chi connectivity index (χ4n) is 2.04. The zero-order valence-electron chi connectivity index (χ0n) is 12.3. The third-order valence-corrected chi connectivity index (χ3v) is 3.53. The third kappa shape index (κ3) is 5.68. The van der Waals surface area contributed by atoms with Crippen LogP contribution in [-0.2, 0) is 6.42 Å². The minimum atomic E-state index is -0.775. The van der Waals surface area contributed by atoms with Gasteiger partial charge in [0, 0.05) is 0 Å². The Hall–Kier alpha value is -0.960. The molecule has 1 aromatic rings. The SMILES string of the molecule is CC(C)CNCC(C)C(C)Cc1ccc(F)c(F)c1. The Bertz CT molecular complexity index is 390. The fraction of sp³-hybridized carbons (Fsp3) is 0.625. The highest BCUT2D eigenvalue weighted by molar-refractivity contribution is 5.18. The van der Waals surface area contributed by atoms with Crippen molar-refractivity contribution in [3.05, 3.63) is 35.4 Å². The molecule has 3 heteroatoms. The van der Waals surface area contributed by atoms with Crippen LogP contribution in [0.15, 0.2) is 18.2 Å². The molecule has 0 fully saturated rings. The molecule has 1 aromatic carbocycles. The highest BCUT2D eigenvalue weighted by Crippen LogP contribution is 2.18. The molecule has 0 spiro atoms. The van der Waals surface area contributed by atoms with Gasteiger partial charge >= 0.3 is 0 Å². The van der Waals surface area contributed by atoms with Gasteiger partial charge in [-0.25, -0.2) is 8.78 Å². The number of hydrogen-bond donors (Lipinski definition) is 1. The maximum Gasteiger partial charge on any atom is 0.159 e. The lowest BCUT2D eigenvalue weighted by Gasteiger charge is -2.21. The molecule has 2 unspecified atom stereocenters. The monoisotopic (exact) mass is 269 g/mol. The number of benzene rings is 1. The first-order valence-electron chi connectivity index (χ1n) is 7.04. The molecule has 0 aromatic heterocycles. The summed E-state index contributed by atoms with van der Waals surface area (Å²) in [7, 11) is 0. The quantitative estimate of drug-likeness (QED) is 0.788. The number of halogens is 2. The smallest absolute Gasteiger partial charge is 0.159 e. The van der Waals surface area contributed by atoms with Crippen LogP contribution in [0, 0.1) is 29.4 Å². The molecule has 0 aliphatic carbocycles. The largest absolute Gasteiger partial charge is 0.316 e. The predicted octanol–water partition coefficient (Wildman–Crippen LogP) is 4.03. The van der Waals surface area contributed by atoms with Crippen LogP contribution in [0.4, 0.5) is 8.78 Å². The second-order valence-electron chi connectivity index (χ2n) is 5.96. The van der Waals surface area contributed by atoms with Crippen LogP contribution in [0.3, 0.4) is 0 Å². The molecular formula is C16H25F2N. The van der Waals surface area contributed by atoms with Gasteiger partial charge in [-0.1, -0.05) is 33.8 Å². The Labute approximate surface area is 115 Å². The summed E-state index contributed by atoms with van der Waals surface area (Å²) in [6.07, 6.45) is 0.779. The molecule has 0 aliphatic rings. The maximum atomic E-state index is 13.1. The summed E-state index contributed by atoms with van der Waals surface area (Å²) in [6.45, 7) is 10.7. The van der Waals surface area contributed by atoms with Gasteiger partial charge in [0.25, 0.3) is 0 Å². The van der Waals surface area contributed by atoms with Crippen molar-refractivity contribution in [1.82, 2.24) is 5.32 Å². The van der Waals surface area contributed by atoms with E-state index < -0.39 is 11.6 Å². The third-order valence-electron chi connectivity index (χ3n) is 3.53. The van der Waals surface area contributed by atoms with Crippen LogP contribution < -0.4 is 5.32 Å².